The van der Waals surface area contributed by atoms with E-state index in [4.69, 9.17) is 4.74 Å². The van der Waals surface area contributed by atoms with Crippen LogP contribution in [0.3, 0.4) is 0 Å². The summed E-state index contributed by atoms with van der Waals surface area (Å²) < 4.78 is 5.54. The van der Waals surface area contributed by atoms with Gasteiger partial charge in [-0.05, 0) is 25.5 Å². The number of nitrogens with zero attached hydrogens (tertiary/aromatic N) is 2. The van der Waals surface area contributed by atoms with Gasteiger partial charge >= 0.3 is 5.97 Å². The molecule has 1 aromatic heterocycles. The van der Waals surface area contributed by atoms with Crippen LogP contribution in [0.5, 0.6) is 5.88 Å². The number of carboxylic acid groups (broad SMARTS) is 1. The predicted molar refractivity (Wildman–Crippen MR) is 96.2 cm³/mol. The molecule has 1 aromatic carbocycles. The lowest BCUT2D eigenvalue weighted by Crippen LogP contribution is -2.30. The zero-order chi connectivity index (χ0) is 18.7. The van der Waals surface area contributed by atoms with Crippen molar-refractivity contribution >= 4 is 11.9 Å². The summed E-state index contributed by atoms with van der Waals surface area (Å²) in [6.45, 7) is 4.30. The van der Waals surface area contributed by atoms with Gasteiger partial charge in [-0.1, -0.05) is 36.4 Å². The van der Waals surface area contributed by atoms with Gasteiger partial charge in [-0.3, -0.25) is 9.59 Å². The lowest BCUT2D eigenvalue weighted by Gasteiger charge is -2.17. The first-order chi connectivity index (χ1) is 12.5. The largest absolute Gasteiger partial charge is 0.481 e. The van der Waals surface area contributed by atoms with Crippen molar-refractivity contribution in [3.05, 3.63) is 59.8 Å². The summed E-state index contributed by atoms with van der Waals surface area (Å²) in [6, 6.07) is 14.5. The van der Waals surface area contributed by atoms with Crippen molar-refractivity contribution in [1.29, 1.82) is 0 Å². The molecule has 2 aromatic rings. The van der Waals surface area contributed by atoms with Crippen LogP contribution in [0.15, 0.2) is 48.5 Å². The van der Waals surface area contributed by atoms with Gasteiger partial charge in [-0.25, -0.2) is 4.98 Å². The SMILES string of the molecule is CC(C)Oc1cccc(C(=O)N2CC(C(=O)O)C(c3ccccc3)C2)n1. The number of carboxylic acids is 1. The van der Waals surface area contributed by atoms with Crippen LogP contribution in [-0.4, -0.2) is 46.1 Å². The Kier molecular flexibility index (Phi) is 5.21. The molecule has 2 heterocycles. The quantitative estimate of drug-likeness (QED) is 0.893. The second-order valence-electron chi connectivity index (χ2n) is 6.70. The molecule has 136 valence electrons. The van der Waals surface area contributed by atoms with Gasteiger partial charge in [0, 0.05) is 25.1 Å². The number of aromatic nitrogens is 1. The number of carbonyl (C=O) groups excluding carboxylic acids is 1. The molecule has 2 unspecified atom stereocenters. The Morgan fingerprint density at radius 3 is 2.50 bits per heavy atom. The zero-order valence-electron chi connectivity index (χ0n) is 14.8. The van der Waals surface area contributed by atoms with E-state index in [9.17, 15) is 14.7 Å². The van der Waals surface area contributed by atoms with Crippen molar-refractivity contribution in [3.63, 3.8) is 0 Å². The molecule has 6 nitrogen and oxygen atoms in total. The van der Waals surface area contributed by atoms with Crippen molar-refractivity contribution in [1.82, 2.24) is 9.88 Å². The van der Waals surface area contributed by atoms with E-state index in [1.165, 1.54) is 0 Å². The molecule has 26 heavy (non-hydrogen) atoms. The molecule has 1 aliphatic rings. The number of amides is 1. The van der Waals surface area contributed by atoms with Gasteiger partial charge in [0.25, 0.3) is 5.91 Å². The molecule has 0 spiro atoms. The number of rotatable bonds is 5. The monoisotopic (exact) mass is 354 g/mol. The van der Waals surface area contributed by atoms with Gasteiger partial charge in [-0.2, -0.15) is 0 Å². The van der Waals surface area contributed by atoms with Crippen molar-refractivity contribution in [3.8, 4) is 5.88 Å². The molecule has 3 rings (SSSR count). The maximum absolute atomic E-state index is 12.8. The highest BCUT2D eigenvalue weighted by atomic mass is 16.5. The highest BCUT2D eigenvalue weighted by Crippen LogP contribution is 2.33. The van der Waals surface area contributed by atoms with E-state index in [0.29, 0.717) is 12.4 Å². The molecular formula is C20H22N2O4. The summed E-state index contributed by atoms with van der Waals surface area (Å²) in [5.74, 6) is -1.63. The standard InChI is InChI=1S/C20H22N2O4/c1-13(2)26-18-10-6-9-17(21-18)19(23)22-11-15(16(12-22)20(24)25)14-7-4-3-5-8-14/h3-10,13,15-16H,11-12H2,1-2H3,(H,24,25). The Hall–Kier alpha value is -2.89. The normalized spacial score (nSPS) is 19.6. The molecule has 0 aliphatic carbocycles. The van der Waals surface area contributed by atoms with E-state index in [0.717, 1.165) is 5.56 Å². The number of pyridine rings is 1. The van der Waals surface area contributed by atoms with Crippen LogP contribution < -0.4 is 4.74 Å². The maximum Gasteiger partial charge on any atom is 0.308 e. The highest BCUT2D eigenvalue weighted by molar-refractivity contribution is 5.93. The fourth-order valence-corrected chi connectivity index (χ4v) is 3.26. The topological polar surface area (TPSA) is 79.7 Å². The van der Waals surface area contributed by atoms with E-state index in [2.05, 4.69) is 4.98 Å². The first-order valence-electron chi connectivity index (χ1n) is 8.66. The molecule has 1 N–H and O–H groups in total. The minimum absolute atomic E-state index is 0.0431. The van der Waals surface area contributed by atoms with Crippen LogP contribution in [0, 0.1) is 5.92 Å². The van der Waals surface area contributed by atoms with Crippen molar-refractivity contribution in [2.24, 2.45) is 5.92 Å². The molecule has 1 amide bonds. The van der Waals surface area contributed by atoms with Crippen molar-refractivity contribution in [2.45, 2.75) is 25.9 Å². The van der Waals surface area contributed by atoms with E-state index >= 15 is 0 Å². The third kappa shape index (κ3) is 3.85. The van der Waals surface area contributed by atoms with E-state index < -0.39 is 11.9 Å². The van der Waals surface area contributed by atoms with Crippen molar-refractivity contribution < 1.29 is 19.4 Å². The van der Waals surface area contributed by atoms with Crippen LogP contribution in [0.25, 0.3) is 0 Å². The smallest absolute Gasteiger partial charge is 0.308 e. The average Bonchev–Trinajstić information content (AvgIpc) is 3.07. The van der Waals surface area contributed by atoms with Crippen LogP contribution >= 0.6 is 0 Å². The summed E-state index contributed by atoms with van der Waals surface area (Å²) in [5, 5.41) is 9.58. The molecule has 6 heteroatoms. The minimum atomic E-state index is -0.890. The second kappa shape index (κ2) is 7.56. The molecule has 1 fully saturated rings. The van der Waals surface area contributed by atoms with Crippen LogP contribution in [0.1, 0.15) is 35.8 Å². The summed E-state index contributed by atoms with van der Waals surface area (Å²) in [7, 11) is 0. The van der Waals surface area contributed by atoms with Crippen LogP contribution in [0.2, 0.25) is 0 Å². The van der Waals surface area contributed by atoms with Gasteiger partial charge in [-0.15, -0.1) is 0 Å². The number of likely N-dealkylation sites (tertiary alicyclic amines) is 1. The second-order valence-corrected chi connectivity index (χ2v) is 6.70. The Bertz CT molecular complexity index is 791. The van der Waals surface area contributed by atoms with E-state index in [1.54, 1.807) is 23.1 Å². The lowest BCUT2D eigenvalue weighted by molar-refractivity contribution is -0.141. The lowest BCUT2D eigenvalue weighted by atomic mass is 9.89. The third-order valence-corrected chi connectivity index (χ3v) is 4.45. The van der Waals surface area contributed by atoms with Crippen LogP contribution in [-0.2, 0) is 4.79 Å². The molecule has 1 aliphatic heterocycles. The predicted octanol–water partition coefficient (Wildman–Crippen LogP) is 2.81. The highest BCUT2D eigenvalue weighted by Gasteiger charge is 2.40. The summed E-state index contributed by atoms with van der Waals surface area (Å²) in [6.07, 6.45) is -0.0431. The molecule has 2 atom stereocenters. The summed E-state index contributed by atoms with van der Waals surface area (Å²) >= 11 is 0. The zero-order valence-corrected chi connectivity index (χ0v) is 14.8. The van der Waals surface area contributed by atoms with E-state index in [1.807, 2.05) is 44.2 Å². The maximum atomic E-state index is 12.8. The fraction of sp³-hybridized carbons (Fsp3) is 0.350. The number of aliphatic carboxylic acids is 1. The Morgan fingerprint density at radius 2 is 1.85 bits per heavy atom. The Balaban J connectivity index is 1.81. The van der Waals surface area contributed by atoms with Gasteiger partial charge in [0.05, 0.1) is 12.0 Å². The molecule has 0 radical (unpaired) electrons. The third-order valence-electron chi connectivity index (χ3n) is 4.45. The molecular weight excluding hydrogens is 332 g/mol. The number of hydrogen-bond donors (Lipinski definition) is 1. The minimum Gasteiger partial charge on any atom is -0.481 e. The Labute approximate surface area is 152 Å². The van der Waals surface area contributed by atoms with Gasteiger partial charge in [0.15, 0.2) is 0 Å². The Morgan fingerprint density at radius 1 is 1.12 bits per heavy atom. The fourth-order valence-electron chi connectivity index (χ4n) is 3.26. The van der Waals surface area contributed by atoms with E-state index in [-0.39, 0.29) is 30.2 Å². The number of ether oxygens (including phenoxy) is 1. The van der Waals surface area contributed by atoms with Gasteiger partial charge in [0.2, 0.25) is 5.88 Å². The molecule has 0 saturated carbocycles. The van der Waals surface area contributed by atoms with Crippen LogP contribution in [0.4, 0.5) is 0 Å². The number of hydrogen-bond acceptors (Lipinski definition) is 4. The molecule has 1 saturated heterocycles. The molecule has 0 bridgehead atoms. The first-order valence-corrected chi connectivity index (χ1v) is 8.66. The van der Waals surface area contributed by atoms with Crippen molar-refractivity contribution in [2.75, 3.05) is 13.1 Å². The average molecular weight is 354 g/mol. The summed E-state index contributed by atoms with van der Waals surface area (Å²) in [5.41, 5.74) is 1.20. The summed E-state index contributed by atoms with van der Waals surface area (Å²) in [4.78, 5) is 30.4. The van der Waals surface area contributed by atoms with Gasteiger partial charge in [0.1, 0.15) is 5.69 Å². The number of benzene rings is 1. The van der Waals surface area contributed by atoms with Gasteiger partial charge < -0.3 is 14.7 Å². The number of carbonyl (C=O) groups is 2. The first kappa shape index (κ1) is 17.9.